The van der Waals surface area contributed by atoms with Crippen LogP contribution < -0.4 is 10.6 Å². The monoisotopic (exact) mass is 613 g/mol. The largest absolute Gasteiger partial charge is 0.460 e. The molecule has 1 fully saturated rings. The third kappa shape index (κ3) is 11.4. The van der Waals surface area contributed by atoms with E-state index in [0.29, 0.717) is 38.9 Å². The van der Waals surface area contributed by atoms with Gasteiger partial charge in [-0.2, -0.15) is 0 Å². The van der Waals surface area contributed by atoms with Crippen LogP contribution in [0.5, 0.6) is 0 Å². The van der Waals surface area contributed by atoms with E-state index >= 15 is 0 Å². The normalized spacial score (nSPS) is 17.1. The molecule has 4 rings (SSSR count). The molecule has 0 unspecified atom stereocenters. The maximum atomic E-state index is 14.1. The first-order chi connectivity index (χ1) is 21.7. The Morgan fingerprint density at radius 2 is 1.51 bits per heavy atom. The van der Waals surface area contributed by atoms with Gasteiger partial charge in [-0.25, -0.2) is 4.79 Å². The maximum absolute atomic E-state index is 14.1. The molecule has 45 heavy (non-hydrogen) atoms. The summed E-state index contributed by atoms with van der Waals surface area (Å²) >= 11 is 0. The van der Waals surface area contributed by atoms with Crippen LogP contribution in [0, 0.1) is 0 Å². The van der Waals surface area contributed by atoms with Crippen molar-refractivity contribution in [3.05, 3.63) is 108 Å². The average molecular weight is 614 g/mol. The standard InChI is InChI=1S/C37H47N3O5/c1-37(2,3)45-34(41)22-21-31-23-25-40(26-32(29-16-9-5-10-17-29)30-18-11-6-12-19-30)35(42)33(39-31)20-13-24-38-36(43)44-27-28-14-7-4-8-15-28/h4-12,14-19,31-33,39H,13,20-27H2,1-3H3,(H,38,43)/t31-,33-/m1/s1. The molecule has 1 heterocycles. The molecule has 3 aromatic rings. The highest BCUT2D eigenvalue weighted by molar-refractivity contribution is 5.82. The fourth-order valence-electron chi connectivity index (χ4n) is 5.65. The van der Waals surface area contributed by atoms with Crippen molar-refractivity contribution >= 4 is 18.0 Å². The average Bonchev–Trinajstić information content (AvgIpc) is 3.18. The number of esters is 1. The Bertz CT molecular complexity index is 1310. The Kier molecular flexibility index (Phi) is 12.6. The molecule has 1 aliphatic rings. The molecular formula is C37H47N3O5. The summed E-state index contributed by atoms with van der Waals surface area (Å²) in [6.45, 7) is 7.32. The number of nitrogens with one attached hydrogen (secondary N) is 2. The predicted molar refractivity (Wildman–Crippen MR) is 176 cm³/mol. The SMILES string of the molecule is CC(C)(C)OC(=O)CC[C@@H]1CCN(CC(c2ccccc2)c2ccccc2)C(=O)[C@@H](CCCNC(=O)OCc2ccccc2)N1. The summed E-state index contributed by atoms with van der Waals surface area (Å²) in [5.74, 6) is -0.172. The van der Waals surface area contributed by atoms with Crippen LogP contribution in [0.3, 0.4) is 0 Å². The summed E-state index contributed by atoms with van der Waals surface area (Å²) in [6, 6.07) is 29.7. The first-order valence-corrected chi connectivity index (χ1v) is 16.0. The highest BCUT2D eigenvalue weighted by Crippen LogP contribution is 2.27. The molecule has 0 radical (unpaired) electrons. The summed E-state index contributed by atoms with van der Waals surface area (Å²) in [7, 11) is 0. The van der Waals surface area contributed by atoms with Gasteiger partial charge in [0, 0.05) is 38.0 Å². The minimum Gasteiger partial charge on any atom is -0.460 e. The number of carbonyl (C=O) groups excluding carboxylic acids is 3. The van der Waals surface area contributed by atoms with Crippen molar-refractivity contribution in [2.75, 3.05) is 19.6 Å². The van der Waals surface area contributed by atoms with E-state index in [1.165, 1.54) is 0 Å². The van der Waals surface area contributed by atoms with E-state index in [0.717, 1.165) is 23.1 Å². The molecule has 0 spiro atoms. The van der Waals surface area contributed by atoms with Crippen molar-refractivity contribution in [3.8, 4) is 0 Å². The van der Waals surface area contributed by atoms with Gasteiger partial charge in [-0.15, -0.1) is 0 Å². The number of alkyl carbamates (subject to hydrolysis) is 1. The van der Waals surface area contributed by atoms with Crippen LogP contribution in [-0.4, -0.2) is 60.2 Å². The van der Waals surface area contributed by atoms with Gasteiger partial charge in [-0.3, -0.25) is 9.59 Å². The molecule has 2 N–H and O–H groups in total. The van der Waals surface area contributed by atoms with Crippen LogP contribution in [-0.2, 0) is 25.7 Å². The Labute approximate surface area is 267 Å². The van der Waals surface area contributed by atoms with Crippen LogP contribution in [0.1, 0.15) is 75.5 Å². The van der Waals surface area contributed by atoms with E-state index < -0.39 is 17.7 Å². The van der Waals surface area contributed by atoms with E-state index in [1.54, 1.807) is 0 Å². The van der Waals surface area contributed by atoms with Gasteiger partial charge in [-0.1, -0.05) is 91.0 Å². The summed E-state index contributed by atoms with van der Waals surface area (Å²) in [6.07, 6.45) is 2.24. The summed E-state index contributed by atoms with van der Waals surface area (Å²) in [5.41, 5.74) is 2.69. The Morgan fingerprint density at radius 3 is 2.11 bits per heavy atom. The van der Waals surface area contributed by atoms with Crippen molar-refractivity contribution in [1.82, 2.24) is 15.5 Å². The van der Waals surface area contributed by atoms with Gasteiger partial charge in [-0.05, 0) is 63.1 Å². The molecule has 240 valence electrons. The van der Waals surface area contributed by atoms with Crippen molar-refractivity contribution in [3.63, 3.8) is 0 Å². The van der Waals surface area contributed by atoms with Crippen LogP contribution in [0.2, 0.25) is 0 Å². The molecular weight excluding hydrogens is 566 g/mol. The van der Waals surface area contributed by atoms with Gasteiger partial charge in [0.25, 0.3) is 0 Å². The van der Waals surface area contributed by atoms with E-state index in [9.17, 15) is 14.4 Å². The molecule has 2 atom stereocenters. The van der Waals surface area contributed by atoms with Crippen LogP contribution in [0.15, 0.2) is 91.0 Å². The van der Waals surface area contributed by atoms with Gasteiger partial charge < -0.3 is 25.0 Å². The number of nitrogens with zero attached hydrogens (tertiary/aromatic N) is 1. The zero-order valence-electron chi connectivity index (χ0n) is 26.7. The van der Waals surface area contributed by atoms with Gasteiger partial charge in [0.1, 0.15) is 12.2 Å². The number of hydrogen-bond acceptors (Lipinski definition) is 6. The van der Waals surface area contributed by atoms with Crippen LogP contribution in [0.4, 0.5) is 4.79 Å². The second-order valence-electron chi connectivity index (χ2n) is 12.6. The minimum atomic E-state index is -0.539. The summed E-state index contributed by atoms with van der Waals surface area (Å²) in [5, 5.41) is 6.37. The van der Waals surface area contributed by atoms with E-state index in [1.807, 2.05) is 92.4 Å². The van der Waals surface area contributed by atoms with Crippen molar-refractivity contribution in [1.29, 1.82) is 0 Å². The number of carbonyl (C=O) groups is 3. The molecule has 0 aliphatic carbocycles. The lowest BCUT2D eigenvalue weighted by Crippen LogP contribution is -2.47. The molecule has 8 nitrogen and oxygen atoms in total. The first kappa shape index (κ1) is 33.7. The number of amides is 2. The zero-order chi connectivity index (χ0) is 32.1. The zero-order valence-corrected chi connectivity index (χ0v) is 26.7. The van der Waals surface area contributed by atoms with Gasteiger partial charge in [0.2, 0.25) is 5.91 Å². The number of ether oxygens (including phenoxy) is 2. The highest BCUT2D eigenvalue weighted by atomic mass is 16.6. The molecule has 0 saturated carbocycles. The number of rotatable bonds is 13. The molecule has 1 saturated heterocycles. The number of hydrogen-bond donors (Lipinski definition) is 2. The lowest BCUT2D eigenvalue weighted by atomic mass is 9.90. The highest BCUT2D eigenvalue weighted by Gasteiger charge is 2.33. The van der Waals surface area contributed by atoms with Gasteiger partial charge in [0.15, 0.2) is 0 Å². The van der Waals surface area contributed by atoms with E-state index in [4.69, 9.17) is 9.47 Å². The Hall–Kier alpha value is -4.17. The predicted octanol–water partition coefficient (Wildman–Crippen LogP) is 6.21. The second-order valence-corrected chi connectivity index (χ2v) is 12.6. The number of benzene rings is 3. The quantitative estimate of drug-likeness (QED) is 0.176. The van der Waals surface area contributed by atoms with Crippen LogP contribution >= 0.6 is 0 Å². The topological polar surface area (TPSA) is 97.0 Å². The van der Waals surface area contributed by atoms with E-state index in [2.05, 4.69) is 34.9 Å². The molecule has 1 aliphatic heterocycles. The maximum Gasteiger partial charge on any atom is 0.407 e. The first-order valence-electron chi connectivity index (χ1n) is 16.0. The molecule has 0 aromatic heterocycles. The minimum absolute atomic E-state index is 0.0211. The molecule has 8 heteroatoms. The fraction of sp³-hybridized carbons (Fsp3) is 0.432. The Balaban J connectivity index is 1.41. The van der Waals surface area contributed by atoms with Crippen LogP contribution in [0.25, 0.3) is 0 Å². The molecule has 0 bridgehead atoms. The van der Waals surface area contributed by atoms with Gasteiger partial charge >= 0.3 is 12.1 Å². The van der Waals surface area contributed by atoms with Gasteiger partial charge in [0.05, 0.1) is 6.04 Å². The second kappa shape index (κ2) is 16.8. The fourth-order valence-corrected chi connectivity index (χ4v) is 5.65. The van der Waals surface area contributed by atoms with Crippen molar-refractivity contribution < 1.29 is 23.9 Å². The lowest BCUT2D eigenvalue weighted by Gasteiger charge is -2.29. The summed E-state index contributed by atoms with van der Waals surface area (Å²) < 4.78 is 10.9. The lowest BCUT2D eigenvalue weighted by molar-refractivity contribution is -0.155. The third-order valence-electron chi connectivity index (χ3n) is 7.87. The molecule has 3 aromatic carbocycles. The van der Waals surface area contributed by atoms with Crippen molar-refractivity contribution in [2.45, 2.75) is 83.1 Å². The Morgan fingerprint density at radius 1 is 0.911 bits per heavy atom. The molecule has 2 amide bonds. The van der Waals surface area contributed by atoms with Crippen molar-refractivity contribution in [2.24, 2.45) is 0 Å². The third-order valence-corrected chi connectivity index (χ3v) is 7.87. The van der Waals surface area contributed by atoms with E-state index in [-0.39, 0.29) is 36.9 Å². The summed E-state index contributed by atoms with van der Waals surface area (Å²) in [4.78, 5) is 40.8. The smallest absolute Gasteiger partial charge is 0.407 e.